The fourth-order valence-corrected chi connectivity index (χ4v) is 2.06. The van der Waals surface area contributed by atoms with Gasteiger partial charge in [0.25, 0.3) is 0 Å². The number of thiazole rings is 1. The maximum Gasteiger partial charge on any atom is 0.183 e. The van der Waals surface area contributed by atoms with Crippen molar-refractivity contribution in [3.05, 3.63) is 27.7 Å². The Kier molecular flexibility index (Phi) is 1.69. The van der Waals surface area contributed by atoms with Crippen molar-refractivity contribution in [1.82, 2.24) is 4.98 Å². The lowest BCUT2D eigenvalue weighted by Gasteiger charge is -1.91. The van der Waals surface area contributed by atoms with E-state index in [2.05, 4.69) is 4.98 Å². The minimum absolute atomic E-state index is 0.157. The Balaban J connectivity index is 2.99. The summed E-state index contributed by atoms with van der Waals surface area (Å²) in [6.07, 6.45) is 0. The summed E-state index contributed by atoms with van der Waals surface area (Å²) in [7, 11) is 0. The van der Waals surface area contributed by atoms with Gasteiger partial charge in [0.1, 0.15) is 0 Å². The molecule has 0 aliphatic carbocycles. The third kappa shape index (κ3) is 1.05. The van der Waals surface area contributed by atoms with Gasteiger partial charge in [0.15, 0.2) is 15.6 Å². The highest BCUT2D eigenvalue weighted by Crippen LogP contribution is 2.23. The highest BCUT2D eigenvalue weighted by molar-refractivity contribution is 7.73. The average Bonchev–Trinajstić information content (AvgIpc) is 2.39. The number of fused-ring (bicyclic) bond motifs is 1. The maximum atomic E-state index is 13.0. The zero-order valence-corrected chi connectivity index (χ0v) is 7.36. The van der Waals surface area contributed by atoms with E-state index in [9.17, 15) is 8.78 Å². The van der Waals surface area contributed by atoms with Gasteiger partial charge in [-0.15, -0.1) is 11.3 Å². The standard InChI is InChI=1S/C7H3F2NS2/c8-3-1-2-4-6(5(3)9)10-7(11)12-4/h1-2H,(H,10,11). The molecule has 0 spiro atoms. The van der Waals surface area contributed by atoms with Crippen molar-refractivity contribution in [2.24, 2.45) is 0 Å². The lowest BCUT2D eigenvalue weighted by atomic mass is 10.3. The highest BCUT2D eigenvalue weighted by Gasteiger charge is 2.08. The van der Waals surface area contributed by atoms with Crippen molar-refractivity contribution in [3.8, 4) is 0 Å². The molecule has 1 aromatic carbocycles. The second-order valence-corrected chi connectivity index (χ2v) is 3.97. The van der Waals surface area contributed by atoms with Crippen molar-refractivity contribution < 1.29 is 8.78 Å². The van der Waals surface area contributed by atoms with E-state index < -0.39 is 11.6 Å². The van der Waals surface area contributed by atoms with Crippen LogP contribution in [0.3, 0.4) is 0 Å². The Morgan fingerprint density at radius 1 is 1.33 bits per heavy atom. The van der Waals surface area contributed by atoms with Crippen LogP contribution in [0.4, 0.5) is 8.78 Å². The third-order valence-electron chi connectivity index (χ3n) is 1.49. The molecule has 1 N–H and O–H groups in total. The summed E-state index contributed by atoms with van der Waals surface area (Å²) in [6, 6.07) is 2.60. The van der Waals surface area contributed by atoms with Crippen LogP contribution in [-0.2, 0) is 0 Å². The van der Waals surface area contributed by atoms with Crippen LogP contribution in [0.15, 0.2) is 12.1 Å². The monoisotopic (exact) mass is 203 g/mol. The van der Waals surface area contributed by atoms with Gasteiger partial charge in [-0.1, -0.05) is 0 Å². The average molecular weight is 203 g/mol. The number of hydrogen-bond donors (Lipinski definition) is 1. The Hall–Kier alpha value is -0.810. The molecule has 2 aromatic rings. The van der Waals surface area contributed by atoms with Gasteiger partial charge >= 0.3 is 0 Å². The van der Waals surface area contributed by atoms with Crippen LogP contribution in [0.5, 0.6) is 0 Å². The van der Waals surface area contributed by atoms with Crippen LogP contribution in [0.25, 0.3) is 10.2 Å². The molecule has 2 rings (SSSR count). The lowest BCUT2D eigenvalue weighted by Crippen LogP contribution is -1.83. The minimum Gasteiger partial charge on any atom is -0.334 e. The molecule has 1 nitrogen and oxygen atoms in total. The summed E-state index contributed by atoms with van der Waals surface area (Å²) in [6.45, 7) is 0. The zero-order chi connectivity index (χ0) is 8.72. The molecule has 0 saturated heterocycles. The van der Waals surface area contributed by atoms with E-state index in [-0.39, 0.29) is 5.52 Å². The molecule has 62 valence electrons. The molecular formula is C7H3F2NS2. The molecular weight excluding hydrogens is 200 g/mol. The molecule has 1 aromatic heterocycles. The number of hydrogen-bond acceptors (Lipinski definition) is 2. The van der Waals surface area contributed by atoms with Crippen molar-refractivity contribution >= 4 is 33.8 Å². The molecule has 0 atom stereocenters. The fraction of sp³-hybridized carbons (Fsp3) is 0. The van der Waals surface area contributed by atoms with E-state index in [0.717, 1.165) is 6.07 Å². The molecule has 0 aliphatic heterocycles. The smallest absolute Gasteiger partial charge is 0.183 e. The van der Waals surface area contributed by atoms with Gasteiger partial charge in [-0.2, -0.15) is 0 Å². The Bertz CT molecular complexity index is 486. The minimum atomic E-state index is -0.861. The van der Waals surface area contributed by atoms with Gasteiger partial charge in [-0.3, -0.25) is 0 Å². The Morgan fingerprint density at radius 2 is 2.08 bits per heavy atom. The molecule has 0 bridgehead atoms. The quantitative estimate of drug-likeness (QED) is 0.650. The van der Waals surface area contributed by atoms with Gasteiger partial charge < -0.3 is 4.98 Å². The summed E-state index contributed by atoms with van der Waals surface area (Å²) in [5.74, 6) is -1.72. The molecule has 0 aliphatic rings. The predicted molar refractivity (Wildman–Crippen MR) is 46.9 cm³/mol. The van der Waals surface area contributed by atoms with E-state index >= 15 is 0 Å². The Morgan fingerprint density at radius 3 is 2.83 bits per heavy atom. The second kappa shape index (κ2) is 2.60. The predicted octanol–water partition coefficient (Wildman–Crippen LogP) is 3.24. The Labute approximate surface area is 75.7 Å². The first kappa shape index (κ1) is 7.82. The summed E-state index contributed by atoms with van der Waals surface area (Å²) >= 11 is 6.02. The van der Waals surface area contributed by atoms with Crippen LogP contribution in [0.2, 0.25) is 0 Å². The van der Waals surface area contributed by atoms with Crippen molar-refractivity contribution in [3.63, 3.8) is 0 Å². The lowest BCUT2D eigenvalue weighted by molar-refractivity contribution is 0.515. The van der Waals surface area contributed by atoms with Crippen LogP contribution in [0.1, 0.15) is 0 Å². The number of benzene rings is 1. The van der Waals surface area contributed by atoms with Gasteiger partial charge in [-0.05, 0) is 24.4 Å². The van der Waals surface area contributed by atoms with Gasteiger partial charge in [0.05, 0.1) is 10.2 Å². The molecule has 0 unspecified atom stereocenters. The van der Waals surface area contributed by atoms with Crippen LogP contribution in [-0.4, -0.2) is 4.98 Å². The molecule has 0 amide bonds. The first-order valence-electron chi connectivity index (χ1n) is 3.15. The number of rotatable bonds is 0. The zero-order valence-electron chi connectivity index (χ0n) is 5.73. The van der Waals surface area contributed by atoms with E-state index in [1.807, 2.05) is 0 Å². The fourth-order valence-electron chi connectivity index (χ4n) is 0.962. The van der Waals surface area contributed by atoms with E-state index in [1.54, 1.807) is 0 Å². The third-order valence-corrected chi connectivity index (χ3v) is 2.69. The van der Waals surface area contributed by atoms with E-state index in [4.69, 9.17) is 12.2 Å². The van der Waals surface area contributed by atoms with Crippen molar-refractivity contribution in [2.75, 3.05) is 0 Å². The first-order valence-corrected chi connectivity index (χ1v) is 4.38. The second-order valence-electron chi connectivity index (χ2n) is 2.25. The van der Waals surface area contributed by atoms with Crippen molar-refractivity contribution in [1.29, 1.82) is 0 Å². The summed E-state index contributed by atoms with van der Waals surface area (Å²) in [5, 5.41) is 0. The number of nitrogens with one attached hydrogen (secondary N) is 1. The van der Waals surface area contributed by atoms with Crippen LogP contribution >= 0.6 is 23.6 Å². The molecule has 0 saturated carbocycles. The molecule has 12 heavy (non-hydrogen) atoms. The summed E-state index contributed by atoms with van der Waals surface area (Å²) in [4.78, 5) is 2.59. The molecule has 0 fully saturated rings. The highest BCUT2D eigenvalue weighted by atomic mass is 32.1. The van der Waals surface area contributed by atoms with Crippen LogP contribution < -0.4 is 0 Å². The molecule has 1 heterocycles. The summed E-state index contributed by atoms with van der Waals surface area (Å²) in [5.41, 5.74) is 0.157. The number of aromatic amines is 1. The van der Waals surface area contributed by atoms with Crippen LogP contribution in [0, 0.1) is 15.6 Å². The van der Waals surface area contributed by atoms with E-state index in [0.29, 0.717) is 8.65 Å². The number of halogens is 2. The number of aromatic nitrogens is 1. The normalized spacial score (nSPS) is 10.8. The number of H-pyrrole nitrogens is 1. The largest absolute Gasteiger partial charge is 0.334 e. The molecule has 5 heteroatoms. The first-order chi connectivity index (χ1) is 5.68. The van der Waals surface area contributed by atoms with Gasteiger partial charge in [0.2, 0.25) is 0 Å². The van der Waals surface area contributed by atoms with Gasteiger partial charge in [-0.25, -0.2) is 8.78 Å². The summed E-state index contributed by atoms with van der Waals surface area (Å²) < 4.78 is 26.7. The van der Waals surface area contributed by atoms with Crippen molar-refractivity contribution in [2.45, 2.75) is 0 Å². The maximum absolute atomic E-state index is 13.0. The van der Waals surface area contributed by atoms with Gasteiger partial charge in [0, 0.05) is 0 Å². The SMILES string of the molecule is Fc1ccc2sc(=S)[nH]c2c1F. The van der Waals surface area contributed by atoms with E-state index in [1.165, 1.54) is 17.4 Å². The molecule has 0 radical (unpaired) electrons. The topological polar surface area (TPSA) is 15.8 Å².